The van der Waals surface area contributed by atoms with E-state index < -0.39 is 18.6 Å². The van der Waals surface area contributed by atoms with Crippen LogP contribution in [0.2, 0.25) is 4.34 Å². The van der Waals surface area contributed by atoms with Gasteiger partial charge in [0, 0.05) is 10.9 Å². The predicted octanol–water partition coefficient (Wildman–Crippen LogP) is 2.73. The lowest BCUT2D eigenvalue weighted by atomic mass is 10.3. The molecule has 0 saturated carbocycles. The Balaban J connectivity index is 2.30. The number of alkyl halides is 3. The van der Waals surface area contributed by atoms with Gasteiger partial charge in [0.2, 0.25) is 5.91 Å². The van der Waals surface area contributed by atoms with Crippen molar-refractivity contribution in [3.63, 3.8) is 0 Å². The first-order valence-electron chi connectivity index (χ1n) is 5.10. The number of halogens is 4. The number of thiophene rings is 1. The molecule has 1 rings (SSSR count). The van der Waals surface area contributed by atoms with Gasteiger partial charge in [-0.15, -0.1) is 11.3 Å². The smallest absolute Gasteiger partial charge is 0.346 e. The molecule has 0 spiro atoms. The van der Waals surface area contributed by atoms with Gasteiger partial charge in [0.15, 0.2) is 0 Å². The van der Waals surface area contributed by atoms with Crippen LogP contribution < -0.4 is 10.6 Å². The van der Waals surface area contributed by atoms with Gasteiger partial charge in [0.25, 0.3) is 0 Å². The van der Waals surface area contributed by atoms with E-state index in [1.165, 1.54) is 11.3 Å². The summed E-state index contributed by atoms with van der Waals surface area (Å²) in [6.45, 7) is 0.318. The molecule has 1 unspecified atom stereocenters. The van der Waals surface area contributed by atoms with Crippen molar-refractivity contribution in [3.8, 4) is 0 Å². The molecular weight excluding hydrogens is 289 g/mol. The standard InChI is InChI=1S/C10H12ClF3N2OS/c1-6(7-2-3-8(11)18-7)15-4-9(17)16-5-10(12,13)14/h2-3,6,15H,4-5H2,1H3,(H,16,17). The lowest BCUT2D eigenvalue weighted by Gasteiger charge is -2.12. The van der Waals surface area contributed by atoms with E-state index in [9.17, 15) is 18.0 Å². The average molecular weight is 301 g/mol. The van der Waals surface area contributed by atoms with E-state index >= 15 is 0 Å². The fraction of sp³-hybridized carbons (Fsp3) is 0.500. The molecule has 1 aromatic heterocycles. The summed E-state index contributed by atoms with van der Waals surface area (Å²) in [4.78, 5) is 12.1. The minimum absolute atomic E-state index is 0.140. The minimum Gasteiger partial charge on any atom is -0.346 e. The molecule has 0 fully saturated rings. The molecule has 8 heteroatoms. The number of hydrogen-bond acceptors (Lipinski definition) is 3. The molecule has 0 saturated heterocycles. The maximum Gasteiger partial charge on any atom is 0.405 e. The quantitative estimate of drug-likeness (QED) is 0.878. The van der Waals surface area contributed by atoms with Crippen molar-refractivity contribution in [1.82, 2.24) is 10.6 Å². The topological polar surface area (TPSA) is 41.1 Å². The second kappa shape index (κ2) is 6.40. The third-order valence-corrected chi connectivity index (χ3v) is 3.49. The van der Waals surface area contributed by atoms with E-state index in [4.69, 9.17) is 11.6 Å². The first-order chi connectivity index (χ1) is 8.28. The SMILES string of the molecule is CC(NCC(=O)NCC(F)(F)F)c1ccc(Cl)s1. The maximum absolute atomic E-state index is 11.8. The summed E-state index contributed by atoms with van der Waals surface area (Å²) in [6, 6.07) is 3.39. The Labute approximate surface area is 111 Å². The summed E-state index contributed by atoms with van der Waals surface area (Å²) < 4.78 is 36.1. The first-order valence-corrected chi connectivity index (χ1v) is 6.29. The molecule has 0 bridgehead atoms. The van der Waals surface area contributed by atoms with Crippen molar-refractivity contribution in [2.24, 2.45) is 0 Å². The molecule has 102 valence electrons. The highest BCUT2D eigenvalue weighted by atomic mass is 35.5. The molecule has 1 amide bonds. The van der Waals surface area contributed by atoms with Crippen LogP contribution in [0, 0.1) is 0 Å². The van der Waals surface area contributed by atoms with Crippen LogP contribution in [0.5, 0.6) is 0 Å². The Morgan fingerprint density at radius 2 is 2.17 bits per heavy atom. The van der Waals surface area contributed by atoms with Crippen molar-refractivity contribution >= 4 is 28.8 Å². The Hall–Kier alpha value is -0.790. The highest BCUT2D eigenvalue weighted by Crippen LogP contribution is 2.26. The number of amides is 1. The molecule has 1 atom stereocenters. The van der Waals surface area contributed by atoms with Crippen LogP contribution >= 0.6 is 22.9 Å². The van der Waals surface area contributed by atoms with Gasteiger partial charge in [0.05, 0.1) is 10.9 Å². The minimum atomic E-state index is -4.39. The highest BCUT2D eigenvalue weighted by molar-refractivity contribution is 7.16. The Bertz CT molecular complexity index is 408. The number of hydrogen-bond donors (Lipinski definition) is 2. The molecule has 0 aliphatic rings. The summed E-state index contributed by atoms with van der Waals surface area (Å²) in [5, 5.41) is 4.61. The van der Waals surface area contributed by atoms with Crippen molar-refractivity contribution in [2.75, 3.05) is 13.1 Å². The van der Waals surface area contributed by atoms with Crippen LogP contribution in [0.4, 0.5) is 13.2 Å². The number of nitrogens with one attached hydrogen (secondary N) is 2. The van der Waals surface area contributed by atoms with Crippen LogP contribution in [0.25, 0.3) is 0 Å². The van der Waals surface area contributed by atoms with Gasteiger partial charge in [0.1, 0.15) is 6.54 Å². The summed E-state index contributed by atoms with van der Waals surface area (Å²) in [6.07, 6.45) is -4.39. The van der Waals surface area contributed by atoms with Crippen molar-refractivity contribution in [2.45, 2.75) is 19.1 Å². The lowest BCUT2D eigenvalue weighted by Crippen LogP contribution is -2.39. The van der Waals surface area contributed by atoms with E-state index in [1.807, 2.05) is 0 Å². The molecule has 2 N–H and O–H groups in total. The van der Waals surface area contributed by atoms with Crippen LogP contribution in [-0.2, 0) is 4.79 Å². The van der Waals surface area contributed by atoms with Crippen LogP contribution in [0.1, 0.15) is 17.8 Å². The largest absolute Gasteiger partial charge is 0.405 e. The van der Waals surface area contributed by atoms with E-state index in [2.05, 4.69) is 5.32 Å². The zero-order valence-electron chi connectivity index (χ0n) is 9.47. The molecular formula is C10H12ClF3N2OS. The third-order valence-electron chi connectivity index (χ3n) is 2.08. The van der Waals surface area contributed by atoms with E-state index in [1.54, 1.807) is 24.4 Å². The van der Waals surface area contributed by atoms with E-state index in [-0.39, 0.29) is 12.6 Å². The summed E-state index contributed by atoms with van der Waals surface area (Å²) in [5.41, 5.74) is 0. The molecule has 0 aliphatic carbocycles. The second-order valence-electron chi connectivity index (χ2n) is 3.64. The van der Waals surface area contributed by atoms with Gasteiger partial charge < -0.3 is 10.6 Å². The van der Waals surface area contributed by atoms with Crippen LogP contribution in [-0.4, -0.2) is 25.2 Å². The maximum atomic E-state index is 11.8. The predicted molar refractivity (Wildman–Crippen MR) is 64.8 cm³/mol. The van der Waals surface area contributed by atoms with E-state index in [0.29, 0.717) is 4.34 Å². The normalized spacial score (nSPS) is 13.4. The summed E-state index contributed by atoms with van der Waals surface area (Å²) in [7, 11) is 0. The van der Waals surface area contributed by atoms with Gasteiger partial charge >= 0.3 is 6.18 Å². The Morgan fingerprint density at radius 1 is 1.50 bits per heavy atom. The molecule has 18 heavy (non-hydrogen) atoms. The number of rotatable bonds is 5. The fourth-order valence-corrected chi connectivity index (χ4v) is 2.26. The van der Waals surface area contributed by atoms with Gasteiger partial charge in [-0.05, 0) is 19.1 Å². The monoisotopic (exact) mass is 300 g/mol. The van der Waals surface area contributed by atoms with Crippen LogP contribution in [0.3, 0.4) is 0 Å². The van der Waals surface area contributed by atoms with Gasteiger partial charge in [-0.25, -0.2) is 0 Å². The second-order valence-corrected chi connectivity index (χ2v) is 5.38. The zero-order chi connectivity index (χ0) is 13.8. The number of carbonyl (C=O) groups is 1. The van der Waals surface area contributed by atoms with Gasteiger partial charge in [-0.1, -0.05) is 11.6 Å². The summed E-state index contributed by atoms with van der Waals surface area (Å²) >= 11 is 7.11. The molecule has 3 nitrogen and oxygen atoms in total. The summed E-state index contributed by atoms with van der Waals surface area (Å²) in [5.74, 6) is -0.693. The Kier molecular flexibility index (Phi) is 5.43. The fourth-order valence-electron chi connectivity index (χ4n) is 1.17. The molecule has 1 aromatic rings. The highest BCUT2D eigenvalue weighted by Gasteiger charge is 2.27. The third kappa shape index (κ3) is 5.70. The van der Waals surface area contributed by atoms with Gasteiger partial charge in [-0.3, -0.25) is 4.79 Å². The first kappa shape index (κ1) is 15.3. The van der Waals surface area contributed by atoms with Gasteiger partial charge in [-0.2, -0.15) is 13.2 Å². The zero-order valence-corrected chi connectivity index (χ0v) is 11.0. The van der Waals surface area contributed by atoms with E-state index in [0.717, 1.165) is 4.88 Å². The van der Waals surface area contributed by atoms with Crippen molar-refractivity contribution < 1.29 is 18.0 Å². The van der Waals surface area contributed by atoms with Crippen LogP contribution in [0.15, 0.2) is 12.1 Å². The molecule has 0 aliphatic heterocycles. The molecule has 0 radical (unpaired) electrons. The van der Waals surface area contributed by atoms with Crippen molar-refractivity contribution in [1.29, 1.82) is 0 Å². The lowest BCUT2D eigenvalue weighted by molar-refractivity contribution is -0.137. The average Bonchev–Trinajstić information content (AvgIpc) is 2.69. The van der Waals surface area contributed by atoms with Crippen molar-refractivity contribution in [3.05, 3.63) is 21.3 Å². The molecule has 1 heterocycles. The number of carbonyl (C=O) groups excluding carboxylic acids is 1. The Morgan fingerprint density at radius 3 is 2.67 bits per heavy atom. The molecule has 0 aromatic carbocycles.